The fraction of sp³-hybridized carbons (Fsp3) is 0.150. The summed E-state index contributed by atoms with van der Waals surface area (Å²) < 4.78 is 39.9. The maximum absolute atomic E-state index is 12.9. The van der Waals surface area contributed by atoms with Gasteiger partial charge in [0.25, 0.3) is 5.56 Å². The molecular weight excluding hydrogens is 327 g/mol. The summed E-state index contributed by atoms with van der Waals surface area (Å²) in [6, 6.07) is 14.4. The molecule has 0 atom stereocenters. The second-order valence-electron chi connectivity index (χ2n) is 5.94. The van der Waals surface area contributed by atoms with Crippen LogP contribution in [0.15, 0.2) is 65.6 Å². The van der Waals surface area contributed by atoms with Crippen LogP contribution in [0.4, 0.5) is 13.2 Å². The molecule has 0 aliphatic heterocycles. The van der Waals surface area contributed by atoms with E-state index in [0.29, 0.717) is 11.3 Å². The van der Waals surface area contributed by atoms with Crippen molar-refractivity contribution in [2.75, 3.05) is 0 Å². The first-order chi connectivity index (χ1) is 11.8. The SMILES string of the molecule is Cc1cc(=O)n(-c2ccc(C(F)(F)F)cc2C)cc1-c1ccccc1. The molecular formula is C20H16F3NO. The van der Waals surface area contributed by atoms with Gasteiger partial charge in [-0.25, -0.2) is 0 Å². The molecule has 0 saturated heterocycles. The Labute approximate surface area is 143 Å². The van der Waals surface area contributed by atoms with Crippen LogP contribution in [0.3, 0.4) is 0 Å². The molecule has 5 heteroatoms. The molecule has 3 rings (SSSR count). The van der Waals surface area contributed by atoms with Gasteiger partial charge in [0, 0.05) is 17.8 Å². The third-order valence-corrected chi connectivity index (χ3v) is 4.13. The summed E-state index contributed by atoms with van der Waals surface area (Å²) in [4.78, 5) is 12.4. The molecule has 1 aromatic heterocycles. The van der Waals surface area contributed by atoms with Crippen molar-refractivity contribution in [2.24, 2.45) is 0 Å². The van der Waals surface area contributed by atoms with E-state index in [9.17, 15) is 18.0 Å². The van der Waals surface area contributed by atoms with Crippen LogP contribution in [0.5, 0.6) is 0 Å². The summed E-state index contributed by atoms with van der Waals surface area (Å²) in [7, 11) is 0. The standard InChI is InChI=1S/C20H16F3NO/c1-13-11-19(25)24(12-17(13)15-6-4-3-5-7-15)18-9-8-16(10-14(18)2)20(21,22)23/h3-12H,1-2H3. The Morgan fingerprint density at radius 3 is 2.16 bits per heavy atom. The van der Waals surface area contributed by atoms with E-state index in [2.05, 4.69) is 0 Å². The lowest BCUT2D eigenvalue weighted by molar-refractivity contribution is -0.137. The zero-order valence-corrected chi connectivity index (χ0v) is 13.8. The highest BCUT2D eigenvalue weighted by molar-refractivity contribution is 5.66. The van der Waals surface area contributed by atoms with E-state index in [4.69, 9.17) is 0 Å². The Morgan fingerprint density at radius 2 is 1.56 bits per heavy atom. The monoisotopic (exact) mass is 343 g/mol. The maximum Gasteiger partial charge on any atom is 0.416 e. The summed E-state index contributed by atoms with van der Waals surface area (Å²) in [5, 5.41) is 0. The number of benzene rings is 2. The van der Waals surface area contributed by atoms with E-state index in [0.717, 1.165) is 28.8 Å². The Bertz CT molecular complexity index is 972. The van der Waals surface area contributed by atoms with Crippen molar-refractivity contribution in [3.8, 4) is 16.8 Å². The number of alkyl halides is 3. The van der Waals surface area contributed by atoms with Gasteiger partial charge in [0.2, 0.25) is 0 Å². The van der Waals surface area contributed by atoms with Gasteiger partial charge in [0.15, 0.2) is 0 Å². The van der Waals surface area contributed by atoms with Crippen LogP contribution < -0.4 is 5.56 Å². The van der Waals surface area contributed by atoms with Crippen LogP contribution in [0.1, 0.15) is 16.7 Å². The molecule has 1 heterocycles. The molecule has 0 spiro atoms. The largest absolute Gasteiger partial charge is 0.416 e. The molecule has 0 aliphatic rings. The van der Waals surface area contributed by atoms with Gasteiger partial charge in [-0.2, -0.15) is 13.2 Å². The average molecular weight is 343 g/mol. The number of hydrogen-bond donors (Lipinski definition) is 0. The molecule has 2 aromatic carbocycles. The molecule has 0 aliphatic carbocycles. The molecule has 0 bridgehead atoms. The Morgan fingerprint density at radius 1 is 0.880 bits per heavy atom. The third-order valence-electron chi connectivity index (χ3n) is 4.13. The molecule has 0 radical (unpaired) electrons. The van der Waals surface area contributed by atoms with Crippen LogP contribution >= 0.6 is 0 Å². The molecule has 0 N–H and O–H groups in total. The first-order valence-electron chi connectivity index (χ1n) is 7.74. The van der Waals surface area contributed by atoms with E-state index >= 15 is 0 Å². The lowest BCUT2D eigenvalue weighted by Crippen LogP contribution is -2.19. The van der Waals surface area contributed by atoms with E-state index in [-0.39, 0.29) is 5.56 Å². The minimum absolute atomic E-state index is 0.278. The highest BCUT2D eigenvalue weighted by Crippen LogP contribution is 2.31. The molecule has 128 valence electrons. The summed E-state index contributed by atoms with van der Waals surface area (Å²) in [6.07, 6.45) is -2.72. The van der Waals surface area contributed by atoms with Gasteiger partial charge in [0.05, 0.1) is 11.3 Å². The van der Waals surface area contributed by atoms with Crippen molar-refractivity contribution in [3.05, 3.63) is 87.8 Å². The fourth-order valence-corrected chi connectivity index (χ4v) is 2.84. The van der Waals surface area contributed by atoms with Crippen LogP contribution in [0.25, 0.3) is 16.8 Å². The lowest BCUT2D eigenvalue weighted by atomic mass is 10.0. The molecule has 0 saturated carbocycles. The molecule has 2 nitrogen and oxygen atoms in total. The zero-order valence-electron chi connectivity index (χ0n) is 13.8. The molecule has 25 heavy (non-hydrogen) atoms. The zero-order chi connectivity index (χ0) is 18.2. The van der Waals surface area contributed by atoms with Gasteiger partial charge in [-0.3, -0.25) is 9.36 Å². The van der Waals surface area contributed by atoms with E-state index < -0.39 is 11.7 Å². The summed E-state index contributed by atoms with van der Waals surface area (Å²) >= 11 is 0. The van der Waals surface area contributed by atoms with Crippen molar-refractivity contribution >= 4 is 0 Å². The minimum Gasteiger partial charge on any atom is -0.283 e. The molecule has 0 unspecified atom stereocenters. The predicted octanol–water partition coefficient (Wildman–Crippen LogP) is 5.14. The number of hydrogen-bond acceptors (Lipinski definition) is 1. The van der Waals surface area contributed by atoms with E-state index in [1.54, 1.807) is 13.1 Å². The van der Waals surface area contributed by atoms with Gasteiger partial charge in [-0.15, -0.1) is 0 Å². The quantitative estimate of drug-likeness (QED) is 0.631. The normalized spacial score (nSPS) is 11.6. The molecule has 3 aromatic rings. The minimum atomic E-state index is -4.41. The molecule has 0 fully saturated rings. The van der Waals surface area contributed by atoms with Crippen molar-refractivity contribution in [1.82, 2.24) is 4.57 Å². The molecule has 0 amide bonds. The van der Waals surface area contributed by atoms with Crippen molar-refractivity contribution < 1.29 is 13.2 Å². The second kappa shape index (κ2) is 6.24. The van der Waals surface area contributed by atoms with Crippen LogP contribution in [-0.2, 0) is 6.18 Å². The number of aryl methyl sites for hydroxylation is 2. The van der Waals surface area contributed by atoms with Crippen LogP contribution in [-0.4, -0.2) is 4.57 Å². The van der Waals surface area contributed by atoms with Crippen molar-refractivity contribution in [2.45, 2.75) is 20.0 Å². The first kappa shape index (κ1) is 17.0. The summed E-state index contributed by atoms with van der Waals surface area (Å²) in [6.45, 7) is 3.41. The van der Waals surface area contributed by atoms with Gasteiger partial charge in [-0.1, -0.05) is 30.3 Å². The number of halogens is 3. The summed E-state index contributed by atoms with van der Waals surface area (Å²) in [5.74, 6) is 0. The highest BCUT2D eigenvalue weighted by Gasteiger charge is 2.30. The van der Waals surface area contributed by atoms with Gasteiger partial charge < -0.3 is 0 Å². The number of pyridine rings is 1. The number of rotatable bonds is 2. The van der Waals surface area contributed by atoms with Crippen LogP contribution in [0.2, 0.25) is 0 Å². The van der Waals surface area contributed by atoms with Crippen molar-refractivity contribution in [1.29, 1.82) is 0 Å². The second-order valence-corrected chi connectivity index (χ2v) is 5.94. The maximum atomic E-state index is 12.9. The van der Waals surface area contributed by atoms with E-state index in [1.807, 2.05) is 37.3 Å². The predicted molar refractivity (Wildman–Crippen MR) is 92.0 cm³/mol. The lowest BCUT2D eigenvalue weighted by Gasteiger charge is -2.15. The Hall–Kier alpha value is -2.82. The number of nitrogens with zero attached hydrogens (tertiary/aromatic N) is 1. The smallest absolute Gasteiger partial charge is 0.283 e. The fourth-order valence-electron chi connectivity index (χ4n) is 2.84. The highest BCUT2D eigenvalue weighted by atomic mass is 19.4. The van der Waals surface area contributed by atoms with Gasteiger partial charge in [0.1, 0.15) is 0 Å². The van der Waals surface area contributed by atoms with Gasteiger partial charge in [-0.05, 0) is 48.7 Å². The van der Waals surface area contributed by atoms with E-state index in [1.165, 1.54) is 16.7 Å². The average Bonchev–Trinajstić information content (AvgIpc) is 2.55. The Kier molecular flexibility index (Phi) is 4.25. The summed E-state index contributed by atoms with van der Waals surface area (Å²) in [5.41, 5.74) is 2.45. The van der Waals surface area contributed by atoms with Crippen LogP contribution in [0, 0.1) is 13.8 Å². The third kappa shape index (κ3) is 3.36. The van der Waals surface area contributed by atoms with Gasteiger partial charge >= 0.3 is 6.18 Å². The Balaban J connectivity index is 2.17. The first-order valence-corrected chi connectivity index (χ1v) is 7.74. The topological polar surface area (TPSA) is 22.0 Å². The van der Waals surface area contributed by atoms with Crippen molar-refractivity contribution in [3.63, 3.8) is 0 Å². The number of aromatic nitrogens is 1.